The lowest BCUT2D eigenvalue weighted by Gasteiger charge is -2.18. The highest BCUT2D eigenvalue weighted by Gasteiger charge is 2.10. The van der Waals surface area contributed by atoms with Crippen molar-refractivity contribution in [2.45, 2.75) is 19.1 Å². The molecule has 1 aromatic carbocycles. The molecular weight excluding hydrogens is 358 g/mol. The normalized spacial score (nSPS) is 12.8. The predicted octanol–water partition coefficient (Wildman–Crippen LogP) is 4.72. The van der Waals surface area contributed by atoms with Gasteiger partial charge < -0.3 is 10.0 Å². The Bertz CT molecular complexity index is 560. The molecule has 2 rings (SSSR count). The average molecular weight is 375 g/mol. The lowest BCUT2D eigenvalue weighted by atomic mass is 10.1. The Labute approximate surface area is 137 Å². The van der Waals surface area contributed by atoms with Crippen LogP contribution in [0.15, 0.2) is 39.5 Å². The van der Waals surface area contributed by atoms with Crippen molar-refractivity contribution in [1.82, 2.24) is 4.90 Å². The fourth-order valence-corrected chi connectivity index (χ4v) is 3.44. The number of aliphatic hydroxyl groups excluding tert-OH is 1. The zero-order valence-electron chi connectivity index (χ0n) is 11.2. The zero-order chi connectivity index (χ0) is 14.5. The maximum absolute atomic E-state index is 10.2. The summed E-state index contributed by atoms with van der Waals surface area (Å²) in [6, 6.07) is 9.55. The van der Waals surface area contributed by atoms with E-state index in [0.717, 1.165) is 22.4 Å². The Kier molecular flexibility index (Phi) is 6.05. The summed E-state index contributed by atoms with van der Waals surface area (Å²) in [7, 11) is 2.07. The molecule has 0 aliphatic carbocycles. The Hall–Kier alpha value is -0.390. The van der Waals surface area contributed by atoms with E-state index in [-0.39, 0.29) is 0 Å². The van der Waals surface area contributed by atoms with Crippen molar-refractivity contribution in [2.75, 3.05) is 13.6 Å². The van der Waals surface area contributed by atoms with E-state index < -0.39 is 6.10 Å². The second kappa shape index (κ2) is 7.57. The van der Waals surface area contributed by atoms with Crippen molar-refractivity contribution in [3.8, 4) is 0 Å². The molecule has 108 valence electrons. The van der Waals surface area contributed by atoms with Crippen molar-refractivity contribution >= 4 is 38.9 Å². The summed E-state index contributed by atoms with van der Waals surface area (Å²) < 4.78 is 1.15. The van der Waals surface area contributed by atoms with Crippen LogP contribution in [0.4, 0.5) is 0 Å². The van der Waals surface area contributed by atoms with Gasteiger partial charge in [-0.05, 0) is 64.1 Å². The largest absolute Gasteiger partial charge is 0.388 e. The van der Waals surface area contributed by atoms with Crippen LogP contribution in [0, 0.1) is 0 Å². The molecular formula is C15H17BrClNOS. The highest BCUT2D eigenvalue weighted by molar-refractivity contribution is 9.11. The highest BCUT2D eigenvalue weighted by atomic mass is 79.9. The molecule has 2 aromatic rings. The molecule has 1 N–H and O–H groups in total. The summed E-state index contributed by atoms with van der Waals surface area (Å²) in [4.78, 5) is 2.21. The molecule has 0 aliphatic rings. The van der Waals surface area contributed by atoms with Crippen molar-refractivity contribution in [3.05, 3.63) is 55.6 Å². The number of rotatable bonds is 6. The molecule has 1 unspecified atom stereocenters. The van der Waals surface area contributed by atoms with Gasteiger partial charge in [0.2, 0.25) is 0 Å². The minimum atomic E-state index is -0.467. The van der Waals surface area contributed by atoms with Gasteiger partial charge in [-0.2, -0.15) is 0 Å². The summed E-state index contributed by atoms with van der Waals surface area (Å²) >= 11 is 11.1. The molecule has 20 heavy (non-hydrogen) atoms. The van der Waals surface area contributed by atoms with Crippen LogP contribution in [0.3, 0.4) is 0 Å². The second-order valence-corrected chi connectivity index (χ2v) is 7.58. The molecule has 0 amide bonds. The number of aliphatic hydroxyl groups is 1. The van der Waals surface area contributed by atoms with Crippen LogP contribution >= 0.6 is 38.9 Å². The van der Waals surface area contributed by atoms with Gasteiger partial charge in [0.15, 0.2) is 0 Å². The summed E-state index contributed by atoms with van der Waals surface area (Å²) in [6.07, 6.45) is 0.229. The van der Waals surface area contributed by atoms with E-state index in [2.05, 4.69) is 39.3 Å². The van der Waals surface area contributed by atoms with Gasteiger partial charge >= 0.3 is 0 Å². The lowest BCUT2D eigenvalue weighted by molar-refractivity contribution is 0.147. The van der Waals surface area contributed by atoms with Gasteiger partial charge in [-0.25, -0.2) is 0 Å². The smallest absolute Gasteiger partial charge is 0.0802 e. The third-order valence-electron chi connectivity index (χ3n) is 3.09. The molecule has 1 aromatic heterocycles. The van der Waals surface area contributed by atoms with Gasteiger partial charge in [0.05, 0.1) is 9.89 Å². The van der Waals surface area contributed by atoms with Gasteiger partial charge in [-0.1, -0.05) is 23.7 Å². The molecule has 0 spiro atoms. The molecule has 1 heterocycles. The Balaban J connectivity index is 1.82. The van der Waals surface area contributed by atoms with E-state index in [0.29, 0.717) is 11.4 Å². The minimum Gasteiger partial charge on any atom is -0.388 e. The van der Waals surface area contributed by atoms with Crippen LogP contribution in [0.2, 0.25) is 5.02 Å². The SMILES string of the molecule is CN(CCC(O)c1cccc(Cl)c1)Cc1csc(Br)c1. The van der Waals surface area contributed by atoms with Crippen LogP contribution < -0.4 is 0 Å². The first kappa shape index (κ1) is 16.0. The standard InChI is InChI=1S/C15H17BrClNOS/c1-18(9-11-7-15(16)20-10-11)6-5-14(19)12-3-2-4-13(17)8-12/h2-4,7-8,10,14,19H,5-6,9H2,1H3. The molecule has 5 heteroatoms. The molecule has 0 saturated carbocycles. The first-order valence-electron chi connectivity index (χ1n) is 6.39. The summed E-state index contributed by atoms with van der Waals surface area (Å²) in [5.74, 6) is 0. The minimum absolute atomic E-state index is 0.467. The van der Waals surface area contributed by atoms with Crippen molar-refractivity contribution in [2.24, 2.45) is 0 Å². The third kappa shape index (κ3) is 4.86. The summed E-state index contributed by atoms with van der Waals surface area (Å²) in [5.41, 5.74) is 2.17. The predicted molar refractivity (Wildman–Crippen MR) is 89.4 cm³/mol. The van der Waals surface area contributed by atoms with E-state index in [4.69, 9.17) is 11.6 Å². The first-order chi connectivity index (χ1) is 9.54. The Morgan fingerprint density at radius 2 is 2.20 bits per heavy atom. The number of benzene rings is 1. The highest BCUT2D eigenvalue weighted by Crippen LogP contribution is 2.23. The van der Waals surface area contributed by atoms with Crippen molar-refractivity contribution < 1.29 is 5.11 Å². The van der Waals surface area contributed by atoms with Gasteiger partial charge in [0.1, 0.15) is 0 Å². The van der Waals surface area contributed by atoms with Crippen molar-refractivity contribution in [1.29, 1.82) is 0 Å². The monoisotopic (exact) mass is 373 g/mol. The number of halogens is 2. The Morgan fingerprint density at radius 3 is 2.85 bits per heavy atom. The van der Waals surface area contributed by atoms with Gasteiger partial charge in [-0.3, -0.25) is 0 Å². The van der Waals surface area contributed by atoms with E-state index in [1.165, 1.54) is 5.56 Å². The van der Waals surface area contributed by atoms with Crippen LogP contribution in [0.5, 0.6) is 0 Å². The summed E-state index contributed by atoms with van der Waals surface area (Å²) in [5, 5.41) is 13.0. The number of hydrogen-bond donors (Lipinski definition) is 1. The molecule has 0 radical (unpaired) electrons. The Morgan fingerprint density at radius 1 is 1.40 bits per heavy atom. The van der Waals surface area contributed by atoms with E-state index >= 15 is 0 Å². The maximum Gasteiger partial charge on any atom is 0.0802 e. The van der Waals surface area contributed by atoms with Gasteiger partial charge in [0.25, 0.3) is 0 Å². The zero-order valence-corrected chi connectivity index (χ0v) is 14.4. The molecule has 2 nitrogen and oxygen atoms in total. The third-order valence-corrected chi connectivity index (χ3v) is 4.88. The number of thiophene rings is 1. The molecule has 1 atom stereocenters. The second-order valence-electron chi connectivity index (χ2n) is 4.86. The van der Waals surface area contributed by atoms with Crippen LogP contribution in [0.1, 0.15) is 23.7 Å². The van der Waals surface area contributed by atoms with E-state index in [1.807, 2.05) is 24.3 Å². The molecule has 0 fully saturated rings. The van der Waals surface area contributed by atoms with Gasteiger partial charge in [-0.15, -0.1) is 11.3 Å². The molecule has 0 aliphatic heterocycles. The average Bonchev–Trinajstić information content (AvgIpc) is 2.81. The first-order valence-corrected chi connectivity index (χ1v) is 8.44. The summed E-state index contributed by atoms with van der Waals surface area (Å²) in [6.45, 7) is 1.73. The quantitative estimate of drug-likeness (QED) is 0.791. The van der Waals surface area contributed by atoms with Crippen LogP contribution in [0.25, 0.3) is 0 Å². The van der Waals surface area contributed by atoms with E-state index in [1.54, 1.807) is 11.3 Å². The van der Waals surface area contributed by atoms with Crippen LogP contribution in [-0.4, -0.2) is 23.6 Å². The maximum atomic E-state index is 10.2. The van der Waals surface area contributed by atoms with Crippen molar-refractivity contribution in [3.63, 3.8) is 0 Å². The van der Waals surface area contributed by atoms with Crippen LogP contribution in [-0.2, 0) is 6.54 Å². The fourth-order valence-electron chi connectivity index (χ4n) is 2.04. The van der Waals surface area contributed by atoms with Gasteiger partial charge in [0, 0.05) is 18.1 Å². The molecule has 0 bridgehead atoms. The molecule has 0 saturated heterocycles. The fraction of sp³-hybridized carbons (Fsp3) is 0.333. The topological polar surface area (TPSA) is 23.5 Å². The number of hydrogen-bond acceptors (Lipinski definition) is 3. The number of nitrogens with zero attached hydrogens (tertiary/aromatic N) is 1. The lowest BCUT2D eigenvalue weighted by Crippen LogP contribution is -2.20. The van der Waals surface area contributed by atoms with E-state index in [9.17, 15) is 5.11 Å².